The van der Waals surface area contributed by atoms with Gasteiger partial charge in [-0.25, -0.2) is 22.9 Å². The van der Waals surface area contributed by atoms with Crippen molar-refractivity contribution in [2.75, 3.05) is 5.32 Å². The quantitative estimate of drug-likeness (QED) is 0.204. The highest BCUT2D eigenvalue weighted by molar-refractivity contribution is 7.90. The smallest absolute Gasteiger partial charge is 0.413 e. The van der Waals surface area contributed by atoms with Crippen LogP contribution in [0.25, 0.3) is 0 Å². The maximum atomic E-state index is 14.3. The summed E-state index contributed by atoms with van der Waals surface area (Å²) in [6.07, 6.45) is 9.42. The first kappa shape index (κ1) is 39.1. The van der Waals surface area contributed by atoms with Gasteiger partial charge in [0, 0.05) is 12.2 Å². The molecular formula is C37H60N4O7S. The van der Waals surface area contributed by atoms with Crippen molar-refractivity contribution in [3.05, 3.63) is 23.9 Å². The van der Waals surface area contributed by atoms with Gasteiger partial charge in [0.05, 0.1) is 0 Å². The van der Waals surface area contributed by atoms with Crippen LogP contribution in [0.2, 0.25) is 0 Å². The van der Waals surface area contributed by atoms with E-state index in [1.54, 1.807) is 59.9 Å². The first-order chi connectivity index (χ1) is 22.6. The molecule has 2 amide bonds. The van der Waals surface area contributed by atoms with Crippen LogP contribution in [0.4, 0.5) is 10.6 Å². The maximum Gasteiger partial charge on any atom is 0.413 e. The van der Waals surface area contributed by atoms with Gasteiger partial charge in [0.2, 0.25) is 15.9 Å². The van der Waals surface area contributed by atoms with Gasteiger partial charge in [0.25, 0.3) is 0 Å². The number of aryl methyl sites for hydroxylation is 1. The molecule has 0 aromatic carbocycles. The van der Waals surface area contributed by atoms with Crippen molar-refractivity contribution in [3.8, 4) is 0 Å². The van der Waals surface area contributed by atoms with Gasteiger partial charge in [0.1, 0.15) is 23.1 Å². The van der Waals surface area contributed by atoms with Crippen molar-refractivity contribution >= 4 is 33.8 Å². The largest absolute Gasteiger partial charge is 0.459 e. The number of rotatable bonds is 12. The predicted octanol–water partition coefficient (Wildman–Crippen LogP) is 6.66. The third-order valence-corrected chi connectivity index (χ3v) is 13.0. The lowest BCUT2D eigenvalue weighted by Gasteiger charge is -2.40. The number of pyridine rings is 1. The van der Waals surface area contributed by atoms with Gasteiger partial charge in [0.15, 0.2) is 5.25 Å². The predicted molar refractivity (Wildman–Crippen MR) is 190 cm³/mol. The minimum atomic E-state index is -4.30. The number of amides is 2. The van der Waals surface area contributed by atoms with Crippen molar-refractivity contribution in [1.82, 2.24) is 15.0 Å². The molecule has 0 spiro atoms. The van der Waals surface area contributed by atoms with Gasteiger partial charge in [-0.3, -0.25) is 14.9 Å². The Bertz CT molecular complexity index is 1440. The number of anilines is 1. The number of fused-ring (bicyclic) bond motifs is 2. The van der Waals surface area contributed by atoms with Crippen LogP contribution < -0.4 is 15.4 Å². The zero-order chi connectivity index (χ0) is 36.4. The molecule has 49 heavy (non-hydrogen) atoms. The summed E-state index contributed by atoms with van der Waals surface area (Å²) in [7, 11) is -4.30. The molecule has 1 aromatic heterocycles. The lowest BCUT2D eigenvalue weighted by atomic mass is 9.69. The zero-order valence-electron chi connectivity index (χ0n) is 31.1. The Hall–Kier alpha value is -2.73. The van der Waals surface area contributed by atoms with Crippen LogP contribution in [-0.4, -0.2) is 59.9 Å². The summed E-state index contributed by atoms with van der Waals surface area (Å²) < 4.78 is 42.1. The van der Waals surface area contributed by atoms with E-state index in [0.29, 0.717) is 18.2 Å². The fourth-order valence-electron chi connectivity index (χ4n) is 8.03. The number of esters is 1. The van der Waals surface area contributed by atoms with Gasteiger partial charge >= 0.3 is 12.1 Å². The summed E-state index contributed by atoms with van der Waals surface area (Å²) in [6, 6.07) is 2.05. The molecule has 3 saturated carbocycles. The van der Waals surface area contributed by atoms with Crippen molar-refractivity contribution in [1.29, 1.82) is 0 Å². The SMILES string of the molecule is CC(C)(C)OC(=O)Nc1ccc(CCC(NS(=O)(=O)[C@@H](CC2CCCCC2)C(=O)N[C@H]2C[C@H]3CC[C@]2(C)C3(C)C)C(=O)OC(C)(C)C)cn1. The number of hydrogen-bond donors (Lipinski definition) is 3. The Balaban J connectivity index is 1.52. The minimum absolute atomic E-state index is 0.0571. The Morgan fingerprint density at radius 1 is 0.959 bits per heavy atom. The van der Waals surface area contributed by atoms with E-state index in [1.165, 1.54) is 0 Å². The summed E-state index contributed by atoms with van der Waals surface area (Å²) >= 11 is 0. The second-order valence-electron chi connectivity index (χ2n) is 17.4. The number of carbonyl (C=O) groups is 3. The molecular weight excluding hydrogens is 644 g/mol. The van der Waals surface area contributed by atoms with Crippen LogP contribution in [0.3, 0.4) is 0 Å². The van der Waals surface area contributed by atoms with E-state index < -0.39 is 50.5 Å². The minimum Gasteiger partial charge on any atom is -0.459 e. The number of ether oxygens (including phenoxy) is 2. The summed E-state index contributed by atoms with van der Waals surface area (Å²) in [4.78, 5) is 44.0. The van der Waals surface area contributed by atoms with Gasteiger partial charge in [-0.1, -0.05) is 58.9 Å². The highest BCUT2D eigenvalue weighted by atomic mass is 32.2. The Morgan fingerprint density at radius 3 is 2.14 bits per heavy atom. The highest BCUT2D eigenvalue weighted by Gasteiger charge is 2.62. The molecule has 11 nitrogen and oxygen atoms in total. The topological polar surface area (TPSA) is 153 Å². The summed E-state index contributed by atoms with van der Waals surface area (Å²) in [6.45, 7) is 17.2. The fraction of sp³-hybridized carbons (Fsp3) is 0.784. The van der Waals surface area contributed by atoms with Crippen molar-refractivity contribution < 1.29 is 32.3 Å². The number of sulfonamides is 1. The molecule has 3 fully saturated rings. The Labute approximate surface area is 293 Å². The molecule has 5 atom stereocenters. The number of hydrogen-bond acceptors (Lipinski definition) is 8. The van der Waals surface area contributed by atoms with Crippen LogP contribution in [0.5, 0.6) is 0 Å². The highest BCUT2D eigenvalue weighted by Crippen LogP contribution is 2.65. The van der Waals surface area contributed by atoms with Crippen LogP contribution in [0.15, 0.2) is 18.3 Å². The Kier molecular flexibility index (Phi) is 11.8. The molecule has 3 aliphatic carbocycles. The first-order valence-electron chi connectivity index (χ1n) is 18.1. The molecule has 1 heterocycles. The van der Waals surface area contributed by atoms with Crippen LogP contribution in [-0.2, 0) is 35.5 Å². The third-order valence-electron chi connectivity index (χ3n) is 11.2. The lowest BCUT2D eigenvalue weighted by Crippen LogP contribution is -2.55. The number of nitrogens with zero attached hydrogens (tertiary/aromatic N) is 1. The average molecular weight is 705 g/mol. The van der Waals surface area contributed by atoms with Crippen molar-refractivity contribution in [2.45, 2.75) is 161 Å². The van der Waals surface area contributed by atoms with Crippen molar-refractivity contribution in [2.24, 2.45) is 22.7 Å². The maximum absolute atomic E-state index is 14.3. The molecule has 2 bridgehead atoms. The van der Waals surface area contributed by atoms with E-state index in [9.17, 15) is 22.8 Å². The molecule has 0 saturated heterocycles. The lowest BCUT2D eigenvalue weighted by molar-refractivity contribution is -0.157. The standard InChI is InChI=1S/C37H60N4O7S/c1-34(2,3)47-32(43)27(17-15-25-16-18-30(38-23-25)40-33(44)48-35(4,5)6)41-49(45,46)28(21-24-13-11-10-12-14-24)31(42)39-29-22-26-19-20-37(29,9)36(26,7)8/h16,18,23-24,26-29,41H,10-15,17,19-22H2,1-9H3,(H,39,42)(H,38,40,44)/t26-,27?,28+,29+,37+/m1/s1. The van der Waals surface area contributed by atoms with E-state index in [2.05, 4.69) is 41.1 Å². The molecule has 3 aliphatic rings. The second kappa shape index (κ2) is 14.9. The molecule has 276 valence electrons. The van der Waals surface area contributed by atoms with Gasteiger partial charge in [-0.15, -0.1) is 0 Å². The number of aromatic nitrogens is 1. The van der Waals surface area contributed by atoms with Crippen LogP contribution >= 0.6 is 0 Å². The van der Waals surface area contributed by atoms with E-state index in [4.69, 9.17) is 9.47 Å². The molecule has 0 aliphatic heterocycles. The number of carbonyl (C=O) groups excluding carboxylic acids is 3. The molecule has 4 rings (SSSR count). The summed E-state index contributed by atoms with van der Waals surface area (Å²) in [5.74, 6) is -0.277. The second-order valence-corrected chi connectivity index (χ2v) is 19.3. The van der Waals surface area contributed by atoms with Gasteiger partial charge < -0.3 is 14.8 Å². The van der Waals surface area contributed by atoms with E-state index in [-0.39, 0.29) is 35.6 Å². The first-order valence-corrected chi connectivity index (χ1v) is 19.6. The molecule has 12 heteroatoms. The molecule has 3 N–H and O–H groups in total. The van der Waals surface area contributed by atoms with Crippen LogP contribution in [0, 0.1) is 22.7 Å². The van der Waals surface area contributed by atoms with Gasteiger partial charge in [-0.2, -0.15) is 0 Å². The molecule has 0 radical (unpaired) electrons. The Morgan fingerprint density at radius 2 is 1.61 bits per heavy atom. The van der Waals surface area contributed by atoms with E-state index in [1.807, 2.05) is 0 Å². The summed E-state index contributed by atoms with van der Waals surface area (Å²) in [5.41, 5.74) is -0.826. The van der Waals surface area contributed by atoms with E-state index in [0.717, 1.165) is 56.9 Å². The average Bonchev–Trinajstić information content (AvgIpc) is 3.31. The van der Waals surface area contributed by atoms with E-state index >= 15 is 0 Å². The monoisotopic (exact) mass is 704 g/mol. The van der Waals surface area contributed by atoms with Crippen LogP contribution in [0.1, 0.15) is 132 Å². The van der Waals surface area contributed by atoms with Gasteiger partial charge in [-0.05, 0) is 114 Å². The summed E-state index contributed by atoms with van der Waals surface area (Å²) in [5, 5.41) is 4.47. The van der Waals surface area contributed by atoms with Crippen molar-refractivity contribution in [3.63, 3.8) is 0 Å². The third kappa shape index (κ3) is 9.96. The fourth-order valence-corrected chi connectivity index (χ4v) is 9.68. The molecule has 1 aromatic rings. The zero-order valence-corrected chi connectivity index (χ0v) is 31.9. The number of nitrogens with one attached hydrogen (secondary N) is 3. The normalized spacial score (nSPS) is 25.3. The molecule has 1 unspecified atom stereocenters.